The molecule has 0 N–H and O–H groups in total. The number of rotatable bonds is 4. The molecule has 0 unspecified atom stereocenters. The standard InChI is InChI=1S/C11H21O2.BrH.Hg/c1-9-7-5-6-8-10(9)12-13-11(2,3)4;;/h9-10H,1,5-8H2,2-4H3;1H;/q;;+1/p-1/t9-,10-;;/m0../s1. The molecule has 0 aromatic rings. The van der Waals surface area contributed by atoms with E-state index in [-0.39, 0.29) is 5.60 Å². The third kappa shape index (κ3) is 5.99. The molecule has 0 amide bonds. The molecule has 0 saturated heterocycles. The normalized spacial score (nSPS) is 27.5. The second-order valence-corrected chi connectivity index (χ2v) is 16.0. The molecule has 0 aromatic carbocycles. The Labute approximate surface area is 111 Å². The Hall–Kier alpha value is 1.34. The summed E-state index contributed by atoms with van der Waals surface area (Å²) in [6, 6.07) is 0. The van der Waals surface area contributed by atoms with Crippen molar-refractivity contribution >= 4 is 11.9 Å². The Morgan fingerprint density at radius 3 is 2.53 bits per heavy atom. The van der Waals surface area contributed by atoms with E-state index in [4.69, 9.17) is 9.78 Å². The average molecular weight is 466 g/mol. The molecular formula is C11H21BrHgO2. The van der Waals surface area contributed by atoms with E-state index in [1.54, 1.807) is 0 Å². The molecule has 1 saturated carbocycles. The van der Waals surface area contributed by atoms with Gasteiger partial charge in [0.25, 0.3) is 0 Å². The van der Waals surface area contributed by atoms with Crippen LogP contribution >= 0.6 is 11.9 Å². The summed E-state index contributed by atoms with van der Waals surface area (Å²) in [6.07, 6.45) is 5.55. The van der Waals surface area contributed by atoms with Crippen LogP contribution in [0.2, 0.25) is 3.93 Å². The predicted molar refractivity (Wildman–Crippen MR) is 61.4 cm³/mol. The van der Waals surface area contributed by atoms with Crippen LogP contribution in [-0.4, -0.2) is 11.7 Å². The van der Waals surface area contributed by atoms with Crippen molar-refractivity contribution in [2.24, 2.45) is 5.92 Å². The zero-order valence-electron chi connectivity index (χ0n) is 10.1. The zero-order chi connectivity index (χ0) is 11.3. The van der Waals surface area contributed by atoms with Crippen LogP contribution in [-0.2, 0) is 31.9 Å². The molecule has 0 aliphatic heterocycles. The molecule has 1 fully saturated rings. The molecule has 15 heavy (non-hydrogen) atoms. The van der Waals surface area contributed by atoms with Crippen LogP contribution in [0, 0.1) is 5.92 Å². The summed E-state index contributed by atoms with van der Waals surface area (Å²) in [4.78, 5) is 11.1. The van der Waals surface area contributed by atoms with Crippen molar-refractivity contribution in [3.05, 3.63) is 0 Å². The van der Waals surface area contributed by atoms with E-state index in [0.29, 0.717) is 6.10 Å². The van der Waals surface area contributed by atoms with E-state index in [0.717, 1.165) is 5.92 Å². The first-order chi connectivity index (χ1) is 7.03. The van der Waals surface area contributed by atoms with E-state index < -0.39 is 22.1 Å². The van der Waals surface area contributed by atoms with Crippen molar-refractivity contribution in [3.8, 4) is 0 Å². The van der Waals surface area contributed by atoms with Gasteiger partial charge in [-0.1, -0.05) is 0 Å². The maximum absolute atomic E-state index is 5.63. The van der Waals surface area contributed by atoms with Gasteiger partial charge in [-0.2, -0.15) is 0 Å². The second-order valence-electron chi connectivity index (χ2n) is 5.35. The second kappa shape index (κ2) is 6.92. The number of hydrogen-bond acceptors (Lipinski definition) is 2. The van der Waals surface area contributed by atoms with Crippen molar-refractivity contribution in [1.29, 1.82) is 0 Å². The van der Waals surface area contributed by atoms with Gasteiger partial charge in [0.05, 0.1) is 0 Å². The van der Waals surface area contributed by atoms with Gasteiger partial charge in [-0.25, -0.2) is 0 Å². The number of hydrogen-bond donors (Lipinski definition) is 0. The van der Waals surface area contributed by atoms with Gasteiger partial charge in [-0.15, -0.1) is 0 Å². The molecule has 4 heteroatoms. The van der Waals surface area contributed by atoms with Crippen molar-refractivity contribution in [2.75, 3.05) is 0 Å². The van der Waals surface area contributed by atoms with Crippen LogP contribution in [0.25, 0.3) is 0 Å². The van der Waals surface area contributed by atoms with Gasteiger partial charge in [-0.05, 0) is 0 Å². The van der Waals surface area contributed by atoms with Crippen molar-refractivity contribution < 1.29 is 31.9 Å². The molecule has 0 aromatic heterocycles. The minimum absolute atomic E-state index is 0.180. The molecule has 0 bridgehead atoms. The van der Waals surface area contributed by atoms with E-state index in [1.165, 1.54) is 29.6 Å². The van der Waals surface area contributed by atoms with Gasteiger partial charge in [0.2, 0.25) is 0 Å². The van der Waals surface area contributed by atoms with Crippen molar-refractivity contribution in [1.82, 2.24) is 0 Å². The quantitative estimate of drug-likeness (QED) is 0.353. The van der Waals surface area contributed by atoms with Gasteiger partial charge in [-0.3, -0.25) is 0 Å². The first kappa shape index (κ1) is 14.4. The first-order valence-electron chi connectivity index (χ1n) is 5.93. The molecule has 86 valence electrons. The summed E-state index contributed by atoms with van der Waals surface area (Å²) in [5.41, 5.74) is -0.180. The molecule has 2 atom stereocenters. The average Bonchev–Trinajstić information content (AvgIpc) is 2.16. The summed E-state index contributed by atoms with van der Waals surface area (Å²) in [5, 5.41) is 0. The SMILES string of the molecule is CC(C)(C)OO[C@H]1CCCC[C@@H]1[CH2][Hg][Br]. The van der Waals surface area contributed by atoms with E-state index in [1.807, 2.05) is 20.8 Å². The molecule has 2 nitrogen and oxygen atoms in total. The molecule has 0 heterocycles. The van der Waals surface area contributed by atoms with E-state index in [9.17, 15) is 0 Å². The fourth-order valence-electron chi connectivity index (χ4n) is 1.98. The summed E-state index contributed by atoms with van der Waals surface area (Å²) >= 11 is 3.03. The van der Waals surface area contributed by atoms with Crippen LogP contribution < -0.4 is 0 Å². The molecule has 0 spiro atoms. The van der Waals surface area contributed by atoms with Crippen LogP contribution in [0.1, 0.15) is 46.5 Å². The Morgan fingerprint density at radius 1 is 1.27 bits per heavy atom. The third-order valence-corrected chi connectivity index (χ3v) is 10.5. The Balaban J connectivity index is 2.35. The Morgan fingerprint density at radius 2 is 1.93 bits per heavy atom. The van der Waals surface area contributed by atoms with Crippen LogP contribution in [0.3, 0.4) is 0 Å². The Kier molecular flexibility index (Phi) is 6.64. The summed E-state index contributed by atoms with van der Waals surface area (Å²) < 4.78 is 1.41. The Bertz CT molecular complexity index is 180. The van der Waals surface area contributed by atoms with Crippen LogP contribution in [0.4, 0.5) is 0 Å². The third-order valence-electron chi connectivity index (χ3n) is 2.74. The molecule has 1 aliphatic rings. The van der Waals surface area contributed by atoms with E-state index >= 15 is 0 Å². The first-order valence-corrected chi connectivity index (χ1v) is 21.7. The summed E-state index contributed by atoms with van der Waals surface area (Å²) in [5.74, 6) is 0.766. The van der Waals surface area contributed by atoms with Crippen LogP contribution in [0.15, 0.2) is 0 Å². The summed E-state index contributed by atoms with van der Waals surface area (Å²) in [6.45, 7) is 6.11. The van der Waals surface area contributed by atoms with Crippen molar-refractivity contribution in [2.45, 2.75) is 62.1 Å². The van der Waals surface area contributed by atoms with Gasteiger partial charge >= 0.3 is 112 Å². The maximum atomic E-state index is 5.63. The van der Waals surface area contributed by atoms with Crippen LogP contribution in [0.5, 0.6) is 0 Å². The van der Waals surface area contributed by atoms with Gasteiger partial charge in [0.15, 0.2) is 0 Å². The van der Waals surface area contributed by atoms with Gasteiger partial charge < -0.3 is 0 Å². The molecular weight excluding hydrogens is 445 g/mol. The molecule has 1 rings (SSSR count). The topological polar surface area (TPSA) is 18.5 Å². The van der Waals surface area contributed by atoms with Gasteiger partial charge in [0.1, 0.15) is 0 Å². The zero-order valence-corrected chi connectivity index (χ0v) is 17.2. The fourth-order valence-corrected chi connectivity index (χ4v) is 10.8. The molecule has 0 radical (unpaired) electrons. The molecule has 1 aliphatic carbocycles. The monoisotopic (exact) mass is 466 g/mol. The predicted octanol–water partition coefficient (Wildman–Crippen LogP) is 4.10. The number of halogens is 1. The van der Waals surface area contributed by atoms with Crippen molar-refractivity contribution in [3.63, 3.8) is 0 Å². The van der Waals surface area contributed by atoms with Gasteiger partial charge in [0, 0.05) is 0 Å². The minimum atomic E-state index is -0.697. The van der Waals surface area contributed by atoms with E-state index in [2.05, 4.69) is 11.9 Å². The summed E-state index contributed by atoms with van der Waals surface area (Å²) in [7, 11) is 0. The fraction of sp³-hybridized carbons (Fsp3) is 1.00.